The highest BCUT2D eigenvalue weighted by Gasteiger charge is 2.35. The molecule has 0 atom stereocenters. The molecule has 0 amide bonds. The van der Waals surface area contributed by atoms with E-state index >= 15 is 0 Å². The quantitative estimate of drug-likeness (QED) is 0.832. The van der Waals surface area contributed by atoms with Crippen LogP contribution in [0.15, 0.2) is 30.3 Å². The van der Waals surface area contributed by atoms with Gasteiger partial charge in [0.15, 0.2) is 0 Å². The van der Waals surface area contributed by atoms with Crippen molar-refractivity contribution >= 4 is 16.7 Å². The first-order chi connectivity index (χ1) is 11.9. The summed E-state index contributed by atoms with van der Waals surface area (Å²) in [5, 5.41) is 15.3. The first kappa shape index (κ1) is 17.5. The molecule has 2 aromatic carbocycles. The zero-order valence-corrected chi connectivity index (χ0v) is 15.0. The topological polar surface area (TPSA) is 67.8 Å². The third-order valence-electron chi connectivity index (χ3n) is 5.06. The lowest BCUT2D eigenvalue weighted by Crippen LogP contribution is -2.42. The lowest BCUT2D eigenvalue weighted by atomic mass is 9.83. The molecule has 0 bridgehead atoms. The highest BCUT2D eigenvalue weighted by Crippen LogP contribution is 2.33. The molecule has 1 heterocycles. The van der Waals surface area contributed by atoms with Crippen LogP contribution < -0.4 is 10.1 Å². The molecule has 1 saturated heterocycles. The third kappa shape index (κ3) is 3.71. The summed E-state index contributed by atoms with van der Waals surface area (Å²) in [6, 6.07) is 8.75. The van der Waals surface area contributed by atoms with E-state index in [1.54, 1.807) is 19.2 Å². The summed E-state index contributed by atoms with van der Waals surface area (Å²) in [6.45, 7) is 5.77. The number of esters is 1. The summed E-state index contributed by atoms with van der Waals surface area (Å²) in [4.78, 5) is 12.7. The van der Waals surface area contributed by atoms with Crippen LogP contribution >= 0.6 is 0 Å². The number of nitrogens with one attached hydrogen (secondary N) is 1. The van der Waals surface area contributed by atoms with Crippen LogP contribution in [0.5, 0.6) is 11.5 Å². The van der Waals surface area contributed by atoms with Gasteiger partial charge in [0.1, 0.15) is 22.7 Å². The van der Waals surface area contributed by atoms with Gasteiger partial charge in [0.05, 0.1) is 7.11 Å². The molecule has 1 aliphatic heterocycles. The van der Waals surface area contributed by atoms with Crippen molar-refractivity contribution in [3.8, 4) is 11.5 Å². The zero-order valence-electron chi connectivity index (χ0n) is 15.0. The van der Waals surface area contributed by atoms with Gasteiger partial charge in [0, 0.05) is 5.92 Å². The van der Waals surface area contributed by atoms with Crippen LogP contribution in [-0.4, -0.2) is 36.9 Å². The van der Waals surface area contributed by atoms with Gasteiger partial charge in [-0.3, -0.25) is 0 Å². The first-order valence-electron chi connectivity index (χ1n) is 8.65. The second kappa shape index (κ2) is 6.92. The van der Waals surface area contributed by atoms with Crippen molar-refractivity contribution in [2.24, 2.45) is 5.92 Å². The van der Waals surface area contributed by atoms with Crippen molar-refractivity contribution < 1.29 is 19.4 Å². The Hall–Kier alpha value is -2.27. The molecule has 5 heteroatoms. The van der Waals surface area contributed by atoms with Crippen molar-refractivity contribution in [2.75, 3.05) is 20.2 Å². The second-order valence-electron chi connectivity index (χ2n) is 7.10. The predicted molar refractivity (Wildman–Crippen MR) is 97.3 cm³/mol. The Bertz CT molecular complexity index is 779. The number of piperidine rings is 1. The van der Waals surface area contributed by atoms with E-state index in [0.717, 1.165) is 36.7 Å². The monoisotopic (exact) mass is 343 g/mol. The van der Waals surface area contributed by atoms with E-state index in [1.165, 1.54) is 0 Å². The number of hydrogen-bond acceptors (Lipinski definition) is 5. The Balaban J connectivity index is 1.86. The minimum atomic E-state index is -0.574. The van der Waals surface area contributed by atoms with Crippen LogP contribution in [0.25, 0.3) is 10.8 Å². The van der Waals surface area contributed by atoms with E-state index in [-0.39, 0.29) is 11.3 Å². The van der Waals surface area contributed by atoms with Crippen LogP contribution in [0.4, 0.5) is 0 Å². The number of carbonyl (C=O) groups excluding carboxylic acids is 1. The lowest BCUT2D eigenvalue weighted by Gasteiger charge is -2.36. The number of phenolic OH excluding ortho intramolecular Hbond substituents is 1. The largest absolute Gasteiger partial charge is 0.507 e. The SMILES string of the molecule is COc1ccc2cc(O)c(C(=O)OC(C)(C)C3CCNCC3)cc2c1. The van der Waals surface area contributed by atoms with Crippen molar-refractivity contribution in [3.63, 3.8) is 0 Å². The number of fused-ring (bicyclic) bond motifs is 1. The molecule has 1 aliphatic rings. The van der Waals surface area contributed by atoms with E-state index in [9.17, 15) is 9.90 Å². The molecule has 3 rings (SSSR count). The van der Waals surface area contributed by atoms with Gasteiger partial charge in [-0.2, -0.15) is 0 Å². The van der Waals surface area contributed by atoms with E-state index in [0.29, 0.717) is 11.7 Å². The molecule has 0 radical (unpaired) electrons. The van der Waals surface area contributed by atoms with Crippen molar-refractivity contribution in [2.45, 2.75) is 32.3 Å². The molecule has 0 spiro atoms. The maximum atomic E-state index is 12.7. The number of aromatic hydroxyl groups is 1. The molecule has 134 valence electrons. The number of methoxy groups -OCH3 is 1. The molecule has 2 aromatic rings. The van der Waals surface area contributed by atoms with Gasteiger partial charge >= 0.3 is 5.97 Å². The van der Waals surface area contributed by atoms with Gasteiger partial charge in [-0.05, 0) is 74.8 Å². The summed E-state index contributed by atoms with van der Waals surface area (Å²) in [5.74, 6) is 0.447. The minimum Gasteiger partial charge on any atom is -0.507 e. The number of benzene rings is 2. The second-order valence-corrected chi connectivity index (χ2v) is 7.10. The van der Waals surface area contributed by atoms with Gasteiger partial charge in [-0.1, -0.05) is 6.07 Å². The van der Waals surface area contributed by atoms with E-state index < -0.39 is 11.6 Å². The fourth-order valence-corrected chi connectivity index (χ4v) is 3.45. The van der Waals surface area contributed by atoms with Gasteiger partial charge in [0.25, 0.3) is 0 Å². The van der Waals surface area contributed by atoms with Crippen LogP contribution in [0.2, 0.25) is 0 Å². The normalized spacial score (nSPS) is 16.0. The molecular formula is C20H25NO4. The van der Waals surface area contributed by atoms with Crippen LogP contribution in [0, 0.1) is 5.92 Å². The van der Waals surface area contributed by atoms with Crippen molar-refractivity contribution in [3.05, 3.63) is 35.9 Å². The van der Waals surface area contributed by atoms with E-state index in [2.05, 4.69) is 5.32 Å². The Morgan fingerprint density at radius 3 is 2.56 bits per heavy atom. The Morgan fingerprint density at radius 1 is 1.16 bits per heavy atom. The van der Waals surface area contributed by atoms with Crippen LogP contribution in [0.1, 0.15) is 37.0 Å². The molecule has 25 heavy (non-hydrogen) atoms. The van der Waals surface area contributed by atoms with Crippen LogP contribution in [-0.2, 0) is 4.74 Å². The zero-order chi connectivity index (χ0) is 18.0. The highest BCUT2D eigenvalue weighted by atomic mass is 16.6. The number of rotatable bonds is 4. The molecule has 2 N–H and O–H groups in total. The maximum Gasteiger partial charge on any atom is 0.342 e. The van der Waals surface area contributed by atoms with Gasteiger partial charge in [-0.25, -0.2) is 4.79 Å². The number of carbonyl (C=O) groups is 1. The molecule has 0 aromatic heterocycles. The molecule has 5 nitrogen and oxygen atoms in total. The lowest BCUT2D eigenvalue weighted by molar-refractivity contribution is -0.0369. The van der Waals surface area contributed by atoms with Crippen molar-refractivity contribution in [1.82, 2.24) is 5.32 Å². The maximum absolute atomic E-state index is 12.7. The first-order valence-corrected chi connectivity index (χ1v) is 8.65. The number of ether oxygens (including phenoxy) is 2. The Labute approximate surface area is 147 Å². The highest BCUT2D eigenvalue weighted by molar-refractivity contribution is 5.99. The van der Waals surface area contributed by atoms with Crippen molar-refractivity contribution in [1.29, 1.82) is 0 Å². The standard InChI is InChI=1S/C20H25NO4/c1-20(2,15-6-8-21-9-7-15)25-19(23)17-11-14-10-16(24-3)5-4-13(14)12-18(17)22/h4-5,10-12,15,21-22H,6-9H2,1-3H3. The molecular weight excluding hydrogens is 318 g/mol. The average Bonchev–Trinajstić information content (AvgIpc) is 2.61. The fourth-order valence-electron chi connectivity index (χ4n) is 3.45. The molecule has 0 unspecified atom stereocenters. The Morgan fingerprint density at radius 2 is 1.88 bits per heavy atom. The van der Waals surface area contributed by atoms with Gasteiger partial charge in [-0.15, -0.1) is 0 Å². The van der Waals surface area contributed by atoms with Gasteiger partial charge < -0.3 is 19.9 Å². The average molecular weight is 343 g/mol. The summed E-state index contributed by atoms with van der Waals surface area (Å²) in [7, 11) is 1.60. The van der Waals surface area contributed by atoms with Gasteiger partial charge in [0.2, 0.25) is 0 Å². The molecule has 0 aliphatic carbocycles. The Kier molecular flexibility index (Phi) is 4.86. The summed E-state index contributed by atoms with van der Waals surface area (Å²) in [6.07, 6.45) is 1.95. The number of phenols is 1. The summed E-state index contributed by atoms with van der Waals surface area (Å²) < 4.78 is 11.0. The molecule has 1 fully saturated rings. The summed E-state index contributed by atoms with van der Waals surface area (Å²) in [5.41, 5.74) is -0.391. The van der Waals surface area contributed by atoms with E-state index in [4.69, 9.17) is 9.47 Å². The smallest absolute Gasteiger partial charge is 0.342 e. The van der Waals surface area contributed by atoms with Crippen LogP contribution in [0.3, 0.4) is 0 Å². The molecule has 0 saturated carbocycles. The minimum absolute atomic E-state index is 0.0659. The fraction of sp³-hybridized carbons (Fsp3) is 0.450. The van der Waals surface area contributed by atoms with E-state index in [1.807, 2.05) is 32.0 Å². The third-order valence-corrected chi connectivity index (χ3v) is 5.06. The summed E-state index contributed by atoms with van der Waals surface area (Å²) >= 11 is 0. The predicted octanol–water partition coefficient (Wildman–Crippen LogP) is 3.49. The number of hydrogen-bond donors (Lipinski definition) is 2.